The van der Waals surface area contributed by atoms with Crippen molar-refractivity contribution in [3.63, 3.8) is 0 Å². The Hall–Kier alpha value is -1.95. The van der Waals surface area contributed by atoms with E-state index in [9.17, 15) is 14.0 Å². The smallest absolute Gasteiger partial charge is 0.251 e. The highest BCUT2D eigenvalue weighted by molar-refractivity contribution is 5.98. The molecule has 1 aromatic carbocycles. The average Bonchev–Trinajstić information content (AvgIpc) is 2.30. The number of carbonyl (C=O) groups is 2. The molecule has 1 aromatic rings. The van der Waals surface area contributed by atoms with E-state index in [0.717, 1.165) is 6.07 Å². The van der Waals surface area contributed by atoms with Gasteiger partial charge in [-0.1, -0.05) is 13.8 Å². The molecule has 0 unspecified atom stereocenters. The molecule has 5 N–H and O–H groups in total. The van der Waals surface area contributed by atoms with Crippen LogP contribution in [0.25, 0.3) is 0 Å². The molecule has 0 spiro atoms. The second kappa shape index (κ2) is 6.29. The predicted octanol–water partition coefficient (Wildman–Crippen LogP) is 1.24. The van der Waals surface area contributed by atoms with E-state index in [0.29, 0.717) is 12.1 Å². The van der Waals surface area contributed by atoms with Gasteiger partial charge in [0.2, 0.25) is 5.91 Å². The van der Waals surface area contributed by atoms with E-state index in [2.05, 4.69) is 5.32 Å². The van der Waals surface area contributed by atoms with E-state index in [4.69, 9.17) is 11.5 Å². The Morgan fingerprint density at radius 2 is 2.00 bits per heavy atom. The van der Waals surface area contributed by atoms with Crippen LogP contribution in [-0.2, 0) is 4.79 Å². The van der Waals surface area contributed by atoms with Gasteiger partial charge in [-0.25, -0.2) is 4.39 Å². The highest BCUT2D eigenvalue weighted by atomic mass is 19.1. The van der Waals surface area contributed by atoms with Gasteiger partial charge in [0.25, 0.3) is 5.91 Å². The molecular formula is C13H18FN3O2. The monoisotopic (exact) mass is 267 g/mol. The minimum atomic E-state index is -0.889. The Morgan fingerprint density at radius 1 is 1.37 bits per heavy atom. The Labute approximate surface area is 111 Å². The van der Waals surface area contributed by atoms with Gasteiger partial charge in [0.15, 0.2) is 0 Å². The van der Waals surface area contributed by atoms with Gasteiger partial charge in [0.1, 0.15) is 5.82 Å². The number of hydrogen-bond donors (Lipinski definition) is 3. The summed E-state index contributed by atoms with van der Waals surface area (Å²) >= 11 is 0. The number of halogens is 1. The zero-order valence-corrected chi connectivity index (χ0v) is 10.9. The van der Waals surface area contributed by atoms with Gasteiger partial charge in [0, 0.05) is 5.69 Å². The Kier molecular flexibility index (Phi) is 5.00. The minimum absolute atomic E-state index is 0.268. The predicted molar refractivity (Wildman–Crippen MR) is 71.0 cm³/mol. The summed E-state index contributed by atoms with van der Waals surface area (Å²) in [6, 6.07) is 2.96. The van der Waals surface area contributed by atoms with Crippen LogP contribution in [0.3, 0.4) is 0 Å². The van der Waals surface area contributed by atoms with Crippen molar-refractivity contribution >= 4 is 17.5 Å². The van der Waals surface area contributed by atoms with Crippen LogP contribution in [0.1, 0.15) is 30.6 Å². The van der Waals surface area contributed by atoms with Gasteiger partial charge in [-0.2, -0.15) is 0 Å². The highest BCUT2D eigenvalue weighted by Crippen LogP contribution is 2.15. The lowest BCUT2D eigenvalue weighted by molar-refractivity contribution is -0.117. The summed E-state index contributed by atoms with van der Waals surface area (Å²) in [5, 5.41) is 2.53. The number of amides is 2. The number of anilines is 1. The molecular weight excluding hydrogens is 249 g/mol. The number of primary amides is 1. The number of rotatable bonds is 5. The number of nitrogens with one attached hydrogen (secondary N) is 1. The molecule has 0 radical (unpaired) electrons. The third kappa shape index (κ3) is 4.33. The fourth-order valence-corrected chi connectivity index (χ4v) is 1.64. The molecule has 0 fully saturated rings. The first-order valence-corrected chi connectivity index (χ1v) is 5.97. The van der Waals surface area contributed by atoms with Crippen molar-refractivity contribution in [1.29, 1.82) is 0 Å². The van der Waals surface area contributed by atoms with Crippen LogP contribution >= 0.6 is 0 Å². The molecule has 0 bridgehead atoms. The van der Waals surface area contributed by atoms with E-state index in [1.165, 1.54) is 12.1 Å². The standard InChI is InChI=1S/C13H18FN3O2/c1-7(2)5-11(15)13(19)17-8-3-4-10(14)9(6-8)12(16)18/h3-4,6-7,11H,5,15H2,1-2H3,(H2,16,18)(H,17,19)/t11-/m0/s1. The summed E-state index contributed by atoms with van der Waals surface area (Å²) in [5.74, 6) is -1.71. The Balaban J connectivity index is 2.80. The first-order chi connectivity index (χ1) is 8.81. The lowest BCUT2D eigenvalue weighted by atomic mass is 10.0. The quantitative estimate of drug-likeness (QED) is 0.748. The van der Waals surface area contributed by atoms with Crippen molar-refractivity contribution in [1.82, 2.24) is 0 Å². The molecule has 1 rings (SSSR count). The largest absolute Gasteiger partial charge is 0.366 e. The van der Waals surface area contributed by atoms with Crippen molar-refractivity contribution in [2.24, 2.45) is 17.4 Å². The van der Waals surface area contributed by atoms with Gasteiger partial charge < -0.3 is 16.8 Å². The topological polar surface area (TPSA) is 98.2 Å². The molecule has 6 heteroatoms. The molecule has 104 valence electrons. The van der Waals surface area contributed by atoms with Crippen molar-refractivity contribution in [2.75, 3.05) is 5.32 Å². The second-order valence-electron chi connectivity index (χ2n) is 4.78. The van der Waals surface area contributed by atoms with Crippen LogP contribution in [0.4, 0.5) is 10.1 Å². The van der Waals surface area contributed by atoms with E-state index in [1.54, 1.807) is 0 Å². The summed E-state index contributed by atoms with van der Waals surface area (Å²) in [6.45, 7) is 3.91. The molecule has 0 aromatic heterocycles. The molecule has 0 aliphatic heterocycles. The lowest BCUT2D eigenvalue weighted by Gasteiger charge is -2.14. The van der Waals surface area contributed by atoms with Crippen LogP contribution in [0.2, 0.25) is 0 Å². The van der Waals surface area contributed by atoms with Crippen molar-refractivity contribution in [3.05, 3.63) is 29.6 Å². The van der Waals surface area contributed by atoms with Crippen molar-refractivity contribution in [3.8, 4) is 0 Å². The Bertz CT molecular complexity index is 489. The zero-order valence-electron chi connectivity index (χ0n) is 10.9. The summed E-state index contributed by atoms with van der Waals surface area (Å²) in [6.07, 6.45) is 0.537. The summed E-state index contributed by atoms with van der Waals surface area (Å²) in [7, 11) is 0. The zero-order chi connectivity index (χ0) is 14.6. The molecule has 0 aliphatic rings. The Morgan fingerprint density at radius 3 is 2.53 bits per heavy atom. The summed E-state index contributed by atoms with van der Waals surface area (Å²) < 4.78 is 13.3. The van der Waals surface area contributed by atoms with Crippen LogP contribution in [0, 0.1) is 11.7 Å². The minimum Gasteiger partial charge on any atom is -0.366 e. The number of nitrogens with two attached hydrogens (primary N) is 2. The van der Waals surface area contributed by atoms with Gasteiger partial charge in [-0.05, 0) is 30.5 Å². The third-order valence-corrected chi connectivity index (χ3v) is 2.56. The molecule has 0 heterocycles. The van der Waals surface area contributed by atoms with Gasteiger partial charge >= 0.3 is 0 Å². The van der Waals surface area contributed by atoms with Crippen molar-refractivity contribution < 1.29 is 14.0 Å². The van der Waals surface area contributed by atoms with Gasteiger partial charge in [-0.3, -0.25) is 9.59 Å². The molecule has 0 saturated carbocycles. The molecule has 19 heavy (non-hydrogen) atoms. The average molecular weight is 267 g/mol. The third-order valence-electron chi connectivity index (χ3n) is 2.56. The highest BCUT2D eigenvalue weighted by Gasteiger charge is 2.16. The summed E-state index contributed by atoms with van der Waals surface area (Å²) in [4.78, 5) is 22.8. The second-order valence-corrected chi connectivity index (χ2v) is 4.78. The van der Waals surface area contributed by atoms with Gasteiger partial charge in [0.05, 0.1) is 11.6 Å². The van der Waals surface area contributed by atoms with E-state index in [-0.39, 0.29) is 17.4 Å². The number of hydrogen-bond acceptors (Lipinski definition) is 3. The molecule has 2 amide bonds. The first kappa shape index (κ1) is 15.1. The SMILES string of the molecule is CC(C)C[C@H](N)C(=O)Nc1ccc(F)c(C(N)=O)c1. The van der Waals surface area contributed by atoms with Crippen molar-refractivity contribution in [2.45, 2.75) is 26.3 Å². The van der Waals surface area contributed by atoms with Crippen LogP contribution < -0.4 is 16.8 Å². The molecule has 5 nitrogen and oxygen atoms in total. The number of carbonyl (C=O) groups excluding carboxylic acids is 2. The van der Waals surface area contributed by atoms with Gasteiger partial charge in [-0.15, -0.1) is 0 Å². The summed E-state index contributed by atoms with van der Waals surface area (Å²) in [5.41, 5.74) is 10.8. The van der Waals surface area contributed by atoms with Crippen LogP contribution in [-0.4, -0.2) is 17.9 Å². The fraction of sp³-hybridized carbons (Fsp3) is 0.385. The first-order valence-electron chi connectivity index (χ1n) is 5.97. The van der Waals surface area contributed by atoms with Crippen LogP contribution in [0.15, 0.2) is 18.2 Å². The molecule has 0 saturated heterocycles. The van der Waals surface area contributed by atoms with E-state index in [1.807, 2.05) is 13.8 Å². The molecule has 1 atom stereocenters. The van der Waals surface area contributed by atoms with E-state index >= 15 is 0 Å². The maximum Gasteiger partial charge on any atom is 0.251 e. The fourth-order valence-electron chi connectivity index (χ4n) is 1.64. The lowest BCUT2D eigenvalue weighted by Crippen LogP contribution is -2.36. The molecule has 0 aliphatic carbocycles. The van der Waals surface area contributed by atoms with E-state index < -0.39 is 17.8 Å². The number of benzene rings is 1. The normalized spacial score (nSPS) is 12.3. The van der Waals surface area contributed by atoms with Crippen LogP contribution in [0.5, 0.6) is 0 Å². The maximum absolute atomic E-state index is 13.3. The maximum atomic E-state index is 13.3.